The number of rotatable bonds is 0. The molecule has 0 aliphatic rings. The van der Waals surface area contributed by atoms with E-state index in [0.29, 0.717) is 0 Å². The smallest absolute Gasteiger partial charge is 0.0211 e. The third kappa shape index (κ3) is 11.2. The van der Waals surface area contributed by atoms with E-state index in [-0.39, 0.29) is 0 Å². The first kappa shape index (κ1) is 12.2. The first-order valence-corrected chi connectivity index (χ1v) is 3.91. The van der Waals surface area contributed by atoms with Crippen LogP contribution in [-0.4, -0.2) is 19.0 Å². The minimum absolute atomic E-state index is 1.71. The van der Waals surface area contributed by atoms with E-state index >= 15 is 0 Å². The van der Waals surface area contributed by atoms with Crippen LogP contribution in [0, 0.1) is 71.7 Å². The zero-order valence-corrected chi connectivity index (χ0v) is 8.52. The third-order valence-corrected chi connectivity index (χ3v) is 0.852. The van der Waals surface area contributed by atoms with E-state index in [1.807, 2.05) is 14.1 Å². The van der Waals surface area contributed by atoms with Crippen molar-refractivity contribution in [2.75, 3.05) is 14.1 Å². The van der Waals surface area contributed by atoms with Gasteiger partial charge in [-0.05, 0) is 29.6 Å². The molecule has 68 valence electrons. The maximum absolute atomic E-state index is 4.88. The fraction of sp³-hybridized carbons (Fsp3) is 0.143. The Labute approximate surface area is 91.2 Å². The Morgan fingerprint density at radius 2 is 1.07 bits per heavy atom. The summed E-state index contributed by atoms with van der Waals surface area (Å²) in [5.41, 5.74) is 0. The zero-order chi connectivity index (χ0) is 11.4. The summed E-state index contributed by atoms with van der Waals surface area (Å²) < 4.78 is 0. The largest absolute Gasteiger partial charge is 0.338 e. The monoisotopic (exact) mass is 189 g/mol. The predicted octanol–water partition coefficient (Wildman–Crippen LogP) is 0.156. The van der Waals surface area contributed by atoms with Gasteiger partial charge in [-0.15, -0.1) is 6.42 Å². The van der Waals surface area contributed by atoms with Crippen LogP contribution in [0.3, 0.4) is 0 Å². The van der Waals surface area contributed by atoms with Gasteiger partial charge in [-0.1, -0.05) is 0 Å². The maximum atomic E-state index is 4.88. The molecule has 0 aliphatic heterocycles. The molecular weight excluding hydrogens is 182 g/mol. The number of hydrogen-bond acceptors (Lipinski definition) is 1. The molecule has 0 amide bonds. The summed E-state index contributed by atoms with van der Waals surface area (Å²) in [6, 6.07) is 2.73. The predicted molar refractivity (Wildman–Crippen MR) is 61.4 cm³/mol. The highest BCUT2D eigenvalue weighted by Crippen LogP contribution is 1.63. The Kier molecular flexibility index (Phi) is 7.50. The molecule has 0 N–H and O–H groups in total. The van der Waals surface area contributed by atoms with Gasteiger partial charge in [0.25, 0.3) is 0 Å². The third-order valence-electron chi connectivity index (χ3n) is 0.852. The molecule has 1 heteroatoms. The lowest BCUT2D eigenvalue weighted by Gasteiger charge is -1.94. The normalized spacial score (nSPS) is 4.60. The first-order chi connectivity index (χ1) is 7.27. The van der Waals surface area contributed by atoms with Crippen molar-refractivity contribution >= 4 is 0 Å². The molecule has 1 nitrogen and oxygen atoms in total. The molecule has 0 aromatic carbocycles. The molecular formula is C14H7N. The van der Waals surface area contributed by atoms with Crippen LogP contribution in [0.2, 0.25) is 0 Å². The van der Waals surface area contributed by atoms with Crippen LogP contribution in [0.15, 0.2) is 0 Å². The lowest BCUT2D eigenvalue weighted by Crippen LogP contribution is -2.00. The summed E-state index contributed by atoms with van der Waals surface area (Å²) in [7, 11) is 3.66. The molecule has 0 aliphatic carbocycles. The molecule has 0 saturated carbocycles. The molecule has 0 unspecified atom stereocenters. The first-order valence-electron chi connectivity index (χ1n) is 3.91. The molecule has 0 spiro atoms. The Balaban J connectivity index is 4.18. The number of terminal acetylenes is 1. The summed E-state index contributed by atoms with van der Waals surface area (Å²) in [4.78, 5) is 1.71. The minimum Gasteiger partial charge on any atom is -0.338 e. The zero-order valence-electron chi connectivity index (χ0n) is 8.52. The molecule has 0 atom stereocenters. The fourth-order valence-electron chi connectivity index (χ4n) is 0.395. The lowest BCUT2D eigenvalue weighted by atomic mass is 10.5. The van der Waals surface area contributed by atoms with E-state index in [1.165, 1.54) is 0 Å². The van der Waals surface area contributed by atoms with Crippen molar-refractivity contribution in [1.82, 2.24) is 4.90 Å². The molecule has 0 radical (unpaired) electrons. The Morgan fingerprint density at radius 1 is 0.667 bits per heavy atom. The van der Waals surface area contributed by atoms with Gasteiger partial charge in [0.2, 0.25) is 0 Å². The van der Waals surface area contributed by atoms with Crippen LogP contribution in [0.4, 0.5) is 0 Å². The van der Waals surface area contributed by atoms with Gasteiger partial charge in [0.15, 0.2) is 0 Å². The van der Waals surface area contributed by atoms with Gasteiger partial charge in [0, 0.05) is 49.7 Å². The van der Waals surface area contributed by atoms with Crippen molar-refractivity contribution in [3.05, 3.63) is 0 Å². The molecule has 0 rings (SSSR count). The van der Waals surface area contributed by atoms with Crippen LogP contribution in [0.1, 0.15) is 0 Å². The number of nitrogens with zero attached hydrogens (tertiary/aromatic N) is 1. The van der Waals surface area contributed by atoms with Crippen molar-refractivity contribution in [3.8, 4) is 71.7 Å². The van der Waals surface area contributed by atoms with Crippen LogP contribution >= 0.6 is 0 Å². The van der Waals surface area contributed by atoms with Crippen LogP contribution in [0.5, 0.6) is 0 Å². The molecule has 0 saturated heterocycles. The summed E-state index contributed by atoms with van der Waals surface area (Å²) in [6.45, 7) is 0. The van der Waals surface area contributed by atoms with Gasteiger partial charge in [0.1, 0.15) is 0 Å². The van der Waals surface area contributed by atoms with Crippen molar-refractivity contribution < 1.29 is 0 Å². The van der Waals surface area contributed by atoms with E-state index in [4.69, 9.17) is 6.42 Å². The second-order valence-corrected chi connectivity index (χ2v) is 2.28. The minimum atomic E-state index is 1.71. The summed E-state index contributed by atoms with van der Waals surface area (Å²) >= 11 is 0. The van der Waals surface area contributed by atoms with Gasteiger partial charge in [0.05, 0.1) is 0 Å². The van der Waals surface area contributed by atoms with E-state index in [0.717, 1.165) is 0 Å². The van der Waals surface area contributed by atoms with Gasteiger partial charge >= 0.3 is 0 Å². The molecule has 0 aromatic rings. The maximum Gasteiger partial charge on any atom is 0.0211 e. The van der Waals surface area contributed by atoms with Gasteiger partial charge in [-0.2, -0.15) is 0 Å². The second kappa shape index (κ2) is 9.25. The summed E-state index contributed by atoms with van der Waals surface area (Å²) in [5.74, 6) is 24.5. The second-order valence-electron chi connectivity index (χ2n) is 2.28. The van der Waals surface area contributed by atoms with Crippen LogP contribution < -0.4 is 0 Å². The highest BCUT2D eigenvalue weighted by molar-refractivity contribution is 5.43. The standard InChI is InChI=1S/C14H7N/c1-4-5-6-7-8-9-10-11-12-13-14-15(2)3/h1H,2-3H3. The highest BCUT2D eigenvalue weighted by atomic mass is 15.0. The topological polar surface area (TPSA) is 3.24 Å². The summed E-state index contributed by atoms with van der Waals surface area (Å²) in [5, 5.41) is 0. The van der Waals surface area contributed by atoms with Crippen molar-refractivity contribution in [2.45, 2.75) is 0 Å². The lowest BCUT2D eigenvalue weighted by molar-refractivity contribution is 0.598. The van der Waals surface area contributed by atoms with E-state index in [1.54, 1.807) is 4.90 Å². The fourth-order valence-corrected chi connectivity index (χ4v) is 0.395. The SMILES string of the molecule is C#CC#CC#CC#CC#CC#CN(C)C. The average molecular weight is 189 g/mol. The molecule has 15 heavy (non-hydrogen) atoms. The Bertz CT molecular complexity index is 544. The van der Waals surface area contributed by atoms with Gasteiger partial charge < -0.3 is 4.90 Å². The van der Waals surface area contributed by atoms with Crippen molar-refractivity contribution in [3.63, 3.8) is 0 Å². The average Bonchev–Trinajstić information content (AvgIpc) is 2.20. The van der Waals surface area contributed by atoms with Crippen LogP contribution in [-0.2, 0) is 0 Å². The van der Waals surface area contributed by atoms with Crippen LogP contribution in [0.25, 0.3) is 0 Å². The Morgan fingerprint density at radius 3 is 1.47 bits per heavy atom. The van der Waals surface area contributed by atoms with E-state index < -0.39 is 0 Å². The molecule has 0 aromatic heterocycles. The van der Waals surface area contributed by atoms with Gasteiger partial charge in [-0.25, -0.2) is 0 Å². The van der Waals surface area contributed by atoms with Crippen molar-refractivity contribution in [2.24, 2.45) is 0 Å². The van der Waals surface area contributed by atoms with E-state index in [9.17, 15) is 0 Å². The highest BCUT2D eigenvalue weighted by Gasteiger charge is 1.67. The van der Waals surface area contributed by atoms with Crippen molar-refractivity contribution in [1.29, 1.82) is 0 Å². The van der Waals surface area contributed by atoms with E-state index in [2.05, 4.69) is 65.2 Å². The molecule has 0 fully saturated rings. The quantitative estimate of drug-likeness (QED) is 0.387. The molecule has 0 heterocycles. The molecule has 0 bridgehead atoms. The summed E-state index contributed by atoms with van der Waals surface area (Å²) in [6.07, 6.45) is 4.88. The number of hydrogen-bond donors (Lipinski definition) is 0. The Hall–Kier alpha value is -2.84. The van der Waals surface area contributed by atoms with Gasteiger partial charge in [-0.3, -0.25) is 0 Å².